The molecule has 0 amide bonds. The summed E-state index contributed by atoms with van der Waals surface area (Å²) in [6, 6.07) is 19.8. The summed E-state index contributed by atoms with van der Waals surface area (Å²) in [6.45, 7) is 10.8. The number of benzene rings is 2. The zero-order valence-electron chi connectivity index (χ0n) is 18.5. The van der Waals surface area contributed by atoms with Crippen LogP contribution in [0.4, 0.5) is 0 Å². The van der Waals surface area contributed by atoms with Gasteiger partial charge < -0.3 is 10.1 Å². The molecule has 5 rings (SSSR count). The van der Waals surface area contributed by atoms with Gasteiger partial charge in [-0.1, -0.05) is 54.6 Å². The summed E-state index contributed by atoms with van der Waals surface area (Å²) in [5.74, 6) is 2.06. The van der Waals surface area contributed by atoms with E-state index in [4.69, 9.17) is 4.74 Å². The Bertz CT molecular complexity index is 929. The first kappa shape index (κ1) is 19.8. The van der Waals surface area contributed by atoms with E-state index in [9.17, 15) is 0 Å². The van der Waals surface area contributed by atoms with Gasteiger partial charge in [0.25, 0.3) is 0 Å². The average Bonchev–Trinajstić information content (AvgIpc) is 3.25. The Kier molecular flexibility index (Phi) is 4.99. The van der Waals surface area contributed by atoms with Crippen LogP contribution in [0.3, 0.4) is 0 Å². The van der Waals surface area contributed by atoms with Crippen LogP contribution in [0.15, 0.2) is 60.4 Å². The summed E-state index contributed by atoms with van der Waals surface area (Å²) < 4.78 is 6.61. The normalized spacial score (nSPS) is 28.7. The molecule has 158 valence electrons. The minimum absolute atomic E-state index is 0.0384. The second-order valence-electron chi connectivity index (χ2n) is 10.3. The number of hydrogen-bond acceptors (Lipinski definition) is 3. The van der Waals surface area contributed by atoms with Crippen molar-refractivity contribution in [2.75, 3.05) is 19.6 Å². The fourth-order valence-corrected chi connectivity index (χ4v) is 5.92. The van der Waals surface area contributed by atoms with Crippen LogP contribution in [-0.2, 0) is 11.3 Å². The number of rotatable bonds is 4. The van der Waals surface area contributed by atoms with Crippen LogP contribution < -0.4 is 5.32 Å². The van der Waals surface area contributed by atoms with Crippen molar-refractivity contribution in [2.24, 2.45) is 5.92 Å². The highest BCUT2D eigenvalue weighted by molar-refractivity contribution is 5.66. The minimum atomic E-state index is -0.199. The maximum Gasteiger partial charge on any atom is 0.107 e. The fraction of sp³-hybridized carbons (Fsp3) is 0.481. The van der Waals surface area contributed by atoms with E-state index in [1.165, 1.54) is 29.5 Å². The van der Waals surface area contributed by atoms with Gasteiger partial charge in [-0.2, -0.15) is 0 Å². The number of nitrogens with one attached hydrogen (secondary N) is 1. The monoisotopic (exact) mass is 402 g/mol. The minimum Gasteiger partial charge on any atom is -0.492 e. The highest BCUT2D eigenvalue weighted by Gasteiger charge is 2.56. The summed E-state index contributed by atoms with van der Waals surface area (Å²) in [6.07, 6.45) is 4.85. The van der Waals surface area contributed by atoms with Crippen molar-refractivity contribution in [2.45, 2.75) is 57.2 Å². The van der Waals surface area contributed by atoms with Crippen LogP contribution >= 0.6 is 0 Å². The van der Waals surface area contributed by atoms with Crippen LogP contribution in [0, 0.1) is 5.92 Å². The van der Waals surface area contributed by atoms with E-state index in [1.807, 2.05) is 0 Å². The van der Waals surface area contributed by atoms with Crippen LogP contribution in [-0.4, -0.2) is 35.7 Å². The van der Waals surface area contributed by atoms with Crippen LogP contribution in [0.5, 0.6) is 0 Å². The molecular weight excluding hydrogens is 368 g/mol. The van der Waals surface area contributed by atoms with Crippen molar-refractivity contribution in [1.29, 1.82) is 0 Å². The van der Waals surface area contributed by atoms with E-state index >= 15 is 0 Å². The summed E-state index contributed by atoms with van der Waals surface area (Å²) >= 11 is 0. The van der Waals surface area contributed by atoms with Crippen LogP contribution in [0.25, 0.3) is 6.08 Å². The first-order valence-electron chi connectivity index (χ1n) is 11.5. The third-order valence-electron chi connectivity index (χ3n) is 6.95. The quantitative estimate of drug-likeness (QED) is 0.761. The lowest BCUT2D eigenvalue weighted by molar-refractivity contribution is 0.0280. The molecular formula is C27H34N2O. The number of fused-ring (bicyclic) bond motifs is 2. The number of ether oxygens (including phenoxy) is 1. The van der Waals surface area contributed by atoms with Gasteiger partial charge in [-0.25, -0.2) is 0 Å². The summed E-state index contributed by atoms with van der Waals surface area (Å²) in [7, 11) is 0. The van der Waals surface area contributed by atoms with E-state index in [0.29, 0.717) is 5.92 Å². The molecule has 1 N–H and O–H groups in total. The Morgan fingerprint density at radius 3 is 2.63 bits per heavy atom. The molecule has 2 heterocycles. The molecule has 2 aromatic rings. The third-order valence-corrected chi connectivity index (χ3v) is 6.95. The second-order valence-corrected chi connectivity index (χ2v) is 10.3. The van der Waals surface area contributed by atoms with Gasteiger partial charge in [0, 0.05) is 25.2 Å². The molecule has 0 spiro atoms. The predicted molar refractivity (Wildman–Crippen MR) is 123 cm³/mol. The van der Waals surface area contributed by atoms with E-state index in [0.717, 1.165) is 31.9 Å². The Balaban J connectivity index is 1.51. The highest BCUT2D eigenvalue weighted by Crippen LogP contribution is 2.52. The molecule has 0 radical (unpaired) electrons. The molecule has 3 atom stereocenters. The zero-order valence-corrected chi connectivity index (χ0v) is 18.5. The number of piperidine rings is 1. The molecule has 2 aliphatic heterocycles. The van der Waals surface area contributed by atoms with Crippen LogP contribution in [0.2, 0.25) is 0 Å². The van der Waals surface area contributed by atoms with E-state index in [1.54, 1.807) is 0 Å². The lowest BCUT2D eigenvalue weighted by atomic mass is 9.69. The van der Waals surface area contributed by atoms with Gasteiger partial charge in [-0.15, -0.1) is 0 Å². The Labute approximate surface area is 181 Å². The van der Waals surface area contributed by atoms with Crippen molar-refractivity contribution in [3.8, 4) is 0 Å². The van der Waals surface area contributed by atoms with Gasteiger partial charge in [0.1, 0.15) is 11.4 Å². The summed E-state index contributed by atoms with van der Waals surface area (Å²) in [5.41, 5.74) is 3.99. The maximum absolute atomic E-state index is 6.61. The molecule has 3 unspecified atom stereocenters. The van der Waals surface area contributed by atoms with Gasteiger partial charge in [0.2, 0.25) is 0 Å². The topological polar surface area (TPSA) is 24.5 Å². The number of hydrogen-bond donors (Lipinski definition) is 1. The first-order chi connectivity index (χ1) is 14.4. The van der Waals surface area contributed by atoms with Gasteiger partial charge in [-0.3, -0.25) is 4.90 Å². The summed E-state index contributed by atoms with van der Waals surface area (Å²) in [4.78, 5) is 2.66. The van der Waals surface area contributed by atoms with Crippen molar-refractivity contribution < 1.29 is 4.74 Å². The van der Waals surface area contributed by atoms with Gasteiger partial charge >= 0.3 is 0 Å². The molecule has 2 saturated heterocycles. The van der Waals surface area contributed by atoms with Crippen molar-refractivity contribution in [1.82, 2.24) is 10.2 Å². The SMILES string of the molecule is CC(C)(C)OC1=Cc2ccccc2C1C12CN(Cc3ccccc3)CC1CCCN2. The molecule has 2 fully saturated rings. The molecule has 3 heteroatoms. The highest BCUT2D eigenvalue weighted by atomic mass is 16.5. The van der Waals surface area contributed by atoms with Crippen LogP contribution in [0.1, 0.15) is 56.2 Å². The Morgan fingerprint density at radius 1 is 1.07 bits per heavy atom. The van der Waals surface area contributed by atoms with E-state index in [-0.39, 0.29) is 17.1 Å². The van der Waals surface area contributed by atoms with Crippen molar-refractivity contribution in [3.05, 3.63) is 77.0 Å². The van der Waals surface area contributed by atoms with Crippen molar-refractivity contribution in [3.63, 3.8) is 0 Å². The molecule has 2 aromatic carbocycles. The van der Waals surface area contributed by atoms with Gasteiger partial charge in [0.15, 0.2) is 0 Å². The number of nitrogens with zero attached hydrogens (tertiary/aromatic N) is 1. The van der Waals surface area contributed by atoms with Crippen molar-refractivity contribution >= 4 is 6.08 Å². The smallest absolute Gasteiger partial charge is 0.107 e. The predicted octanol–water partition coefficient (Wildman–Crippen LogP) is 5.19. The second kappa shape index (κ2) is 7.55. The Morgan fingerprint density at radius 2 is 1.83 bits per heavy atom. The lowest BCUT2D eigenvalue weighted by Crippen LogP contribution is -2.59. The molecule has 3 aliphatic rings. The molecule has 30 heavy (non-hydrogen) atoms. The Hall–Kier alpha value is -2.10. The largest absolute Gasteiger partial charge is 0.492 e. The molecule has 1 aliphatic carbocycles. The van der Waals surface area contributed by atoms with Gasteiger partial charge in [-0.05, 0) is 68.8 Å². The standard InChI is InChI=1S/C27H34N2O/c1-26(2,3)30-24-16-21-12-7-8-14-23(21)25(24)27-19-29(17-20-10-5-4-6-11-20)18-22(27)13-9-15-28-27/h4-8,10-12,14,16,22,25,28H,9,13,15,17-19H2,1-3H3. The zero-order chi connectivity index (χ0) is 20.8. The summed E-state index contributed by atoms with van der Waals surface area (Å²) in [5, 5.41) is 4.05. The maximum atomic E-state index is 6.61. The fourth-order valence-electron chi connectivity index (χ4n) is 5.92. The third kappa shape index (κ3) is 3.59. The number of likely N-dealkylation sites (tertiary alicyclic amines) is 1. The molecule has 3 nitrogen and oxygen atoms in total. The lowest BCUT2D eigenvalue weighted by Gasteiger charge is -2.46. The average molecular weight is 403 g/mol. The molecule has 0 bridgehead atoms. The molecule has 0 saturated carbocycles. The van der Waals surface area contributed by atoms with E-state index in [2.05, 4.69) is 91.7 Å². The molecule has 0 aromatic heterocycles. The van der Waals surface area contributed by atoms with E-state index < -0.39 is 0 Å². The van der Waals surface area contributed by atoms with Gasteiger partial charge in [0.05, 0.1) is 5.92 Å². The first-order valence-corrected chi connectivity index (χ1v) is 11.5.